The van der Waals surface area contributed by atoms with Gasteiger partial charge in [-0.1, -0.05) is 67.8 Å². The summed E-state index contributed by atoms with van der Waals surface area (Å²) in [6.45, 7) is 0. The van der Waals surface area contributed by atoms with Crippen molar-refractivity contribution in [1.82, 2.24) is 4.31 Å². The normalized spacial score (nSPS) is 20.2. The van der Waals surface area contributed by atoms with Gasteiger partial charge in [-0.15, -0.1) is 0 Å². The lowest BCUT2D eigenvalue weighted by Crippen LogP contribution is -2.51. The number of anilines is 1. The quantitative estimate of drug-likeness (QED) is 0.524. The van der Waals surface area contributed by atoms with Crippen molar-refractivity contribution in [3.05, 3.63) is 72.8 Å². The summed E-state index contributed by atoms with van der Waals surface area (Å²) in [6, 6.07) is 20.0. The molecule has 5 rings (SSSR count). The zero-order chi connectivity index (χ0) is 23.0. The monoisotopic (exact) mass is 462 g/mol. The van der Waals surface area contributed by atoms with Gasteiger partial charge in [0.2, 0.25) is 15.9 Å². The molecule has 3 aromatic carbocycles. The topological polar surface area (TPSA) is 74.8 Å². The molecule has 1 saturated heterocycles. The first kappa shape index (κ1) is 21.8. The summed E-state index contributed by atoms with van der Waals surface area (Å²) in [4.78, 5) is 27.7. The third-order valence-corrected chi connectivity index (χ3v) is 8.63. The fourth-order valence-corrected chi connectivity index (χ4v) is 6.93. The van der Waals surface area contributed by atoms with E-state index in [-0.39, 0.29) is 23.3 Å². The number of nitrogens with zero attached hydrogens (tertiary/aromatic N) is 2. The van der Waals surface area contributed by atoms with Crippen molar-refractivity contribution < 1.29 is 18.0 Å². The van der Waals surface area contributed by atoms with Gasteiger partial charge >= 0.3 is 0 Å². The van der Waals surface area contributed by atoms with E-state index in [0.717, 1.165) is 34.9 Å². The van der Waals surface area contributed by atoms with Crippen molar-refractivity contribution >= 4 is 38.3 Å². The number of para-hydroxylation sites is 1. The molecule has 33 heavy (non-hydrogen) atoms. The van der Waals surface area contributed by atoms with Crippen LogP contribution in [0.5, 0.6) is 0 Å². The van der Waals surface area contributed by atoms with Crippen LogP contribution in [-0.2, 0) is 19.6 Å². The van der Waals surface area contributed by atoms with E-state index in [2.05, 4.69) is 0 Å². The first-order valence-electron chi connectivity index (χ1n) is 11.4. The Hall–Kier alpha value is -3.03. The Morgan fingerprint density at radius 2 is 1.45 bits per heavy atom. The van der Waals surface area contributed by atoms with E-state index in [1.165, 1.54) is 4.31 Å². The second kappa shape index (κ2) is 8.72. The molecule has 0 spiro atoms. The van der Waals surface area contributed by atoms with Crippen molar-refractivity contribution in [3.63, 3.8) is 0 Å². The molecule has 1 aliphatic heterocycles. The second-order valence-electron chi connectivity index (χ2n) is 8.76. The number of hydrogen-bond donors (Lipinski definition) is 0. The molecule has 0 N–H and O–H groups in total. The number of imide groups is 1. The minimum atomic E-state index is -4.00. The molecule has 0 aromatic heterocycles. The van der Waals surface area contributed by atoms with Crippen molar-refractivity contribution in [3.8, 4) is 0 Å². The Labute approximate surface area is 193 Å². The Bertz CT molecular complexity index is 1300. The number of hydrogen-bond acceptors (Lipinski definition) is 4. The number of carbonyl (C=O) groups excluding carboxylic acids is 2. The van der Waals surface area contributed by atoms with Gasteiger partial charge in [-0.05, 0) is 47.9 Å². The molecular formula is C26H26N2O4S. The predicted molar refractivity (Wildman–Crippen MR) is 127 cm³/mol. The van der Waals surface area contributed by atoms with E-state index in [1.54, 1.807) is 42.5 Å². The van der Waals surface area contributed by atoms with Gasteiger partial charge in [0, 0.05) is 6.04 Å². The molecule has 7 heteroatoms. The van der Waals surface area contributed by atoms with Crippen LogP contribution in [0.25, 0.3) is 10.8 Å². The number of sulfonamides is 1. The minimum absolute atomic E-state index is 0.142. The molecular weight excluding hydrogens is 436 g/mol. The van der Waals surface area contributed by atoms with Gasteiger partial charge in [0.1, 0.15) is 6.04 Å². The third kappa shape index (κ3) is 3.96. The average molecular weight is 463 g/mol. The van der Waals surface area contributed by atoms with Crippen LogP contribution in [-0.4, -0.2) is 36.6 Å². The molecule has 1 aliphatic carbocycles. The fraction of sp³-hybridized carbons (Fsp3) is 0.308. The molecule has 6 nitrogen and oxygen atoms in total. The highest BCUT2D eigenvalue weighted by molar-refractivity contribution is 7.89. The predicted octanol–water partition coefficient (Wildman–Crippen LogP) is 4.50. The lowest BCUT2D eigenvalue weighted by Gasteiger charge is -2.36. The smallest absolute Gasteiger partial charge is 0.252 e. The maximum atomic E-state index is 14.0. The van der Waals surface area contributed by atoms with Crippen LogP contribution in [0.2, 0.25) is 0 Å². The van der Waals surface area contributed by atoms with Gasteiger partial charge in [0.25, 0.3) is 5.91 Å². The van der Waals surface area contributed by atoms with Crippen LogP contribution in [0.3, 0.4) is 0 Å². The van der Waals surface area contributed by atoms with E-state index >= 15 is 0 Å². The summed E-state index contributed by atoms with van der Waals surface area (Å²) in [5.74, 6) is -0.841. The molecule has 1 saturated carbocycles. The number of benzene rings is 3. The summed E-state index contributed by atoms with van der Waals surface area (Å²) in [5, 5.41) is 1.77. The van der Waals surface area contributed by atoms with E-state index in [0.29, 0.717) is 18.5 Å². The SMILES string of the molecule is O=C1CC(N(C2CCCCC2)S(=O)(=O)c2ccc3ccccc3c2)C(=O)N1c1ccccc1. The van der Waals surface area contributed by atoms with Crippen LogP contribution in [0.4, 0.5) is 5.69 Å². The molecule has 170 valence electrons. The molecule has 2 amide bonds. The lowest BCUT2D eigenvalue weighted by atomic mass is 9.94. The molecule has 0 bridgehead atoms. The Kier molecular flexibility index (Phi) is 5.76. The summed E-state index contributed by atoms with van der Waals surface area (Å²) in [7, 11) is -4.00. The van der Waals surface area contributed by atoms with Crippen LogP contribution < -0.4 is 4.90 Å². The fourth-order valence-electron chi connectivity index (χ4n) is 5.07. The van der Waals surface area contributed by atoms with Gasteiger partial charge < -0.3 is 0 Å². The molecule has 1 atom stereocenters. The zero-order valence-corrected chi connectivity index (χ0v) is 19.1. The van der Waals surface area contributed by atoms with Crippen LogP contribution in [0, 0.1) is 0 Å². The van der Waals surface area contributed by atoms with Crippen molar-refractivity contribution in [2.45, 2.75) is 55.5 Å². The van der Waals surface area contributed by atoms with E-state index in [4.69, 9.17) is 0 Å². The van der Waals surface area contributed by atoms with Gasteiger partial charge in [-0.2, -0.15) is 4.31 Å². The van der Waals surface area contributed by atoms with Gasteiger partial charge in [0.05, 0.1) is 17.0 Å². The summed E-state index contributed by atoms with van der Waals surface area (Å²) in [6.07, 6.45) is 4.11. The molecule has 3 aromatic rings. The van der Waals surface area contributed by atoms with Gasteiger partial charge in [-0.3, -0.25) is 9.59 Å². The molecule has 0 radical (unpaired) electrons. The third-order valence-electron chi connectivity index (χ3n) is 6.68. The van der Waals surface area contributed by atoms with E-state index < -0.39 is 22.0 Å². The van der Waals surface area contributed by atoms with E-state index in [1.807, 2.05) is 30.3 Å². The lowest BCUT2D eigenvalue weighted by molar-refractivity contribution is -0.122. The highest BCUT2D eigenvalue weighted by Gasteiger charge is 2.49. The minimum Gasteiger partial charge on any atom is -0.274 e. The average Bonchev–Trinajstić information content (AvgIpc) is 3.13. The van der Waals surface area contributed by atoms with Gasteiger partial charge in [-0.25, -0.2) is 13.3 Å². The van der Waals surface area contributed by atoms with Crippen LogP contribution in [0.1, 0.15) is 38.5 Å². The summed E-state index contributed by atoms with van der Waals surface area (Å²) in [5.41, 5.74) is 0.474. The van der Waals surface area contributed by atoms with Crippen molar-refractivity contribution in [2.75, 3.05) is 4.90 Å². The van der Waals surface area contributed by atoms with Crippen molar-refractivity contribution in [1.29, 1.82) is 0 Å². The summed E-state index contributed by atoms with van der Waals surface area (Å²) >= 11 is 0. The number of fused-ring (bicyclic) bond motifs is 1. The van der Waals surface area contributed by atoms with Crippen LogP contribution in [0.15, 0.2) is 77.7 Å². The zero-order valence-electron chi connectivity index (χ0n) is 18.3. The standard InChI is InChI=1S/C26H26N2O4S/c29-25-18-24(26(30)27(25)21-11-3-1-4-12-21)28(22-13-5-2-6-14-22)33(31,32)23-16-15-19-9-7-8-10-20(19)17-23/h1,3-4,7-12,15-17,22,24H,2,5-6,13-14,18H2. The first-order chi connectivity index (χ1) is 16.0. The first-order valence-corrected chi connectivity index (χ1v) is 12.8. The Morgan fingerprint density at radius 1 is 0.788 bits per heavy atom. The van der Waals surface area contributed by atoms with Crippen LogP contribution >= 0.6 is 0 Å². The maximum Gasteiger partial charge on any atom is 0.252 e. The molecule has 1 unspecified atom stereocenters. The number of rotatable bonds is 5. The molecule has 2 aliphatic rings. The molecule has 2 fully saturated rings. The Morgan fingerprint density at radius 3 is 2.18 bits per heavy atom. The van der Waals surface area contributed by atoms with E-state index in [9.17, 15) is 18.0 Å². The van der Waals surface area contributed by atoms with Gasteiger partial charge in [0.15, 0.2) is 0 Å². The second-order valence-corrected chi connectivity index (χ2v) is 10.6. The maximum absolute atomic E-state index is 14.0. The Balaban J connectivity index is 1.57. The summed E-state index contributed by atoms with van der Waals surface area (Å²) < 4.78 is 29.4. The number of carbonyl (C=O) groups is 2. The number of amides is 2. The largest absolute Gasteiger partial charge is 0.274 e. The molecule has 1 heterocycles. The highest BCUT2D eigenvalue weighted by Crippen LogP contribution is 2.35. The highest BCUT2D eigenvalue weighted by atomic mass is 32.2. The van der Waals surface area contributed by atoms with Crippen molar-refractivity contribution in [2.24, 2.45) is 0 Å².